The summed E-state index contributed by atoms with van der Waals surface area (Å²) in [6.07, 6.45) is 6.28. The van der Waals surface area contributed by atoms with E-state index in [0.29, 0.717) is 17.3 Å². The molecule has 132 valence electrons. The average molecular weight is 340 g/mol. The van der Waals surface area contributed by atoms with Gasteiger partial charge in [0.05, 0.1) is 12.7 Å². The lowest BCUT2D eigenvalue weighted by molar-refractivity contribution is -0.134. The Bertz CT molecular complexity index is 809. The van der Waals surface area contributed by atoms with Crippen molar-refractivity contribution in [3.63, 3.8) is 0 Å². The predicted molar refractivity (Wildman–Crippen MR) is 97.5 cm³/mol. The number of benzene rings is 1. The zero-order valence-electron chi connectivity index (χ0n) is 15.4. The maximum atomic E-state index is 11.8. The Morgan fingerprint density at radius 2 is 2.04 bits per heavy atom. The van der Waals surface area contributed by atoms with E-state index in [9.17, 15) is 4.79 Å². The van der Waals surface area contributed by atoms with Crippen LogP contribution < -0.4 is 9.47 Å². The number of methoxy groups -OCH3 is 1. The smallest absolute Gasteiger partial charge is 0.308 e. The predicted octanol–water partition coefficient (Wildman–Crippen LogP) is 4.81. The third kappa shape index (κ3) is 3.21. The summed E-state index contributed by atoms with van der Waals surface area (Å²) in [7, 11) is 1.62. The highest BCUT2D eigenvalue weighted by molar-refractivity contribution is 5.84. The second-order valence-electron chi connectivity index (χ2n) is 6.91. The molecular weight excluding hydrogens is 316 g/mol. The Balaban J connectivity index is 2.28. The second kappa shape index (κ2) is 6.43. The minimum atomic E-state index is -0.636. The highest BCUT2D eigenvalue weighted by Crippen LogP contribution is 2.47. The SMILES string of the molecule is COc1ccc2c(c1)OC(C)(C)C(C1=C(C)CCC=C1)=C2OC(C)=O. The minimum absolute atomic E-state index is 0.343. The van der Waals surface area contributed by atoms with Gasteiger partial charge in [-0.05, 0) is 51.3 Å². The second-order valence-corrected chi connectivity index (χ2v) is 6.91. The summed E-state index contributed by atoms with van der Waals surface area (Å²) in [5.74, 6) is 1.59. The van der Waals surface area contributed by atoms with E-state index in [0.717, 1.165) is 29.6 Å². The van der Waals surface area contributed by atoms with Crippen molar-refractivity contribution in [3.05, 3.63) is 52.6 Å². The molecule has 0 amide bonds. The molecule has 1 aliphatic heterocycles. The highest BCUT2D eigenvalue weighted by atomic mass is 16.5. The first kappa shape index (κ1) is 17.3. The molecule has 1 aromatic rings. The van der Waals surface area contributed by atoms with Crippen LogP contribution in [-0.2, 0) is 9.53 Å². The van der Waals surface area contributed by atoms with Gasteiger partial charge in [-0.1, -0.05) is 17.7 Å². The molecule has 0 saturated carbocycles. The summed E-state index contributed by atoms with van der Waals surface area (Å²) in [6, 6.07) is 5.55. The Hall–Kier alpha value is -2.49. The topological polar surface area (TPSA) is 44.8 Å². The zero-order valence-corrected chi connectivity index (χ0v) is 15.4. The monoisotopic (exact) mass is 340 g/mol. The third-order valence-corrected chi connectivity index (χ3v) is 4.57. The van der Waals surface area contributed by atoms with Crippen molar-refractivity contribution in [2.24, 2.45) is 0 Å². The van der Waals surface area contributed by atoms with Gasteiger partial charge < -0.3 is 14.2 Å². The lowest BCUT2D eigenvalue weighted by Gasteiger charge is -2.38. The number of rotatable bonds is 3. The van der Waals surface area contributed by atoms with Crippen LogP contribution in [0.25, 0.3) is 5.76 Å². The zero-order chi connectivity index (χ0) is 18.2. The van der Waals surface area contributed by atoms with Gasteiger partial charge in [0, 0.05) is 18.6 Å². The van der Waals surface area contributed by atoms with Gasteiger partial charge in [0.25, 0.3) is 0 Å². The van der Waals surface area contributed by atoms with E-state index in [1.165, 1.54) is 12.5 Å². The summed E-state index contributed by atoms with van der Waals surface area (Å²) in [4.78, 5) is 11.8. The Kier molecular flexibility index (Phi) is 4.46. The molecule has 1 aromatic carbocycles. The molecule has 25 heavy (non-hydrogen) atoms. The lowest BCUT2D eigenvalue weighted by Crippen LogP contribution is -2.36. The largest absolute Gasteiger partial charge is 0.497 e. The van der Waals surface area contributed by atoms with E-state index >= 15 is 0 Å². The molecule has 0 spiro atoms. The van der Waals surface area contributed by atoms with Crippen molar-refractivity contribution in [1.29, 1.82) is 0 Å². The molecule has 0 bridgehead atoms. The third-order valence-electron chi connectivity index (χ3n) is 4.57. The number of ether oxygens (including phenoxy) is 3. The van der Waals surface area contributed by atoms with Crippen LogP contribution >= 0.6 is 0 Å². The number of esters is 1. The first-order valence-electron chi connectivity index (χ1n) is 8.50. The van der Waals surface area contributed by atoms with Gasteiger partial charge in [-0.3, -0.25) is 4.79 Å². The fourth-order valence-electron chi connectivity index (χ4n) is 3.41. The Morgan fingerprint density at radius 3 is 2.68 bits per heavy atom. The van der Waals surface area contributed by atoms with Gasteiger partial charge in [0.1, 0.15) is 22.9 Å². The van der Waals surface area contributed by atoms with Crippen molar-refractivity contribution >= 4 is 11.7 Å². The molecule has 1 aliphatic carbocycles. The standard InChI is InChI=1S/C21H24O4/c1-13-8-6-7-9-16(13)19-20(24-14(2)22)17-11-10-15(23-5)12-18(17)25-21(19,3)4/h7,9-12H,6,8H2,1-5H3. The molecular formula is C21H24O4. The van der Waals surface area contributed by atoms with Gasteiger partial charge in [-0.25, -0.2) is 0 Å². The van der Waals surface area contributed by atoms with Crippen LogP contribution in [0.2, 0.25) is 0 Å². The van der Waals surface area contributed by atoms with Gasteiger partial charge >= 0.3 is 5.97 Å². The first-order chi connectivity index (χ1) is 11.8. The van der Waals surface area contributed by atoms with Crippen molar-refractivity contribution in [2.75, 3.05) is 7.11 Å². The highest BCUT2D eigenvalue weighted by Gasteiger charge is 2.39. The molecule has 0 saturated heterocycles. The normalized spacial score (nSPS) is 18.6. The minimum Gasteiger partial charge on any atom is -0.497 e. The molecule has 0 unspecified atom stereocenters. The van der Waals surface area contributed by atoms with Crippen LogP contribution in [0.3, 0.4) is 0 Å². The number of fused-ring (bicyclic) bond motifs is 1. The van der Waals surface area contributed by atoms with Crippen LogP contribution in [0, 0.1) is 0 Å². The Labute approximate surface area is 148 Å². The number of hydrogen-bond donors (Lipinski definition) is 0. The summed E-state index contributed by atoms with van der Waals surface area (Å²) in [6.45, 7) is 7.54. The fourth-order valence-corrected chi connectivity index (χ4v) is 3.41. The summed E-state index contributed by atoms with van der Waals surface area (Å²) < 4.78 is 17.3. The van der Waals surface area contributed by atoms with E-state index in [-0.39, 0.29) is 5.97 Å². The maximum absolute atomic E-state index is 11.8. The summed E-state index contributed by atoms with van der Waals surface area (Å²) >= 11 is 0. The van der Waals surface area contributed by atoms with Crippen molar-refractivity contribution < 1.29 is 19.0 Å². The summed E-state index contributed by atoms with van der Waals surface area (Å²) in [5, 5.41) is 0. The molecule has 2 aliphatic rings. The molecule has 0 N–H and O–H groups in total. The summed E-state index contributed by atoms with van der Waals surface area (Å²) in [5.41, 5.74) is 3.41. The lowest BCUT2D eigenvalue weighted by atomic mass is 9.81. The number of allylic oxidation sites excluding steroid dienone is 3. The Morgan fingerprint density at radius 1 is 1.28 bits per heavy atom. The molecule has 4 heteroatoms. The molecule has 0 aromatic heterocycles. The van der Waals surface area contributed by atoms with Gasteiger partial charge in [0.15, 0.2) is 0 Å². The van der Waals surface area contributed by atoms with Crippen LogP contribution in [-0.4, -0.2) is 18.7 Å². The molecule has 0 atom stereocenters. The quantitative estimate of drug-likeness (QED) is 0.741. The molecule has 1 heterocycles. The van der Waals surface area contributed by atoms with E-state index < -0.39 is 5.60 Å². The van der Waals surface area contributed by atoms with Crippen LogP contribution in [0.4, 0.5) is 0 Å². The molecule has 3 rings (SSSR count). The van der Waals surface area contributed by atoms with E-state index in [4.69, 9.17) is 14.2 Å². The first-order valence-corrected chi connectivity index (χ1v) is 8.50. The number of hydrogen-bond acceptors (Lipinski definition) is 4. The van der Waals surface area contributed by atoms with Crippen LogP contribution in [0.1, 0.15) is 46.1 Å². The van der Waals surface area contributed by atoms with Crippen LogP contribution in [0.5, 0.6) is 11.5 Å². The number of carbonyl (C=O) groups excluding carboxylic acids is 1. The van der Waals surface area contributed by atoms with Crippen molar-refractivity contribution in [3.8, 4) is 11.5 Å². The van der Waals surface area contributed by atoms with Gasteiger partial charge in [0.2, 0.25) is 0 Å². The van der Waals surface area contributed by atoms with Crippen molar-refractivity contribution in [1.82, 2.24) is 0 Å². The maximum Gasteiger partial charge on any atom is 0.308 e. The average Bonchev–Trinajstić information content (AvgIpc) is 2.54. The van der Waals surface area contributed by atoms with Gasteiger partial charge in [-0.2, -0.15) is 0 Å². The molecule has 0 radical (unpaired) electrons. The van der Waals surface area contributed by atoms with E-state index in [2.05, 4.69) is 19.1 Å². The van der Waals surface area contributed by atoms with E-state index in [1.54, 1.807) is 7.11 Å². The van der Waals surface area contributed by atoms with Gasteiger partial charge in [-0.15, -0.1) is 0 Å². The molecule has 4 nitrogen and oxygen atoms in total. The van der Waals surface area contributed by atoms with Crippen molar-refractivity contribution in [2.45, 2.75) is 46.1 Å². The van der Waals surface area contributed by atoms with Crippen LogP contribution in [0.15, 0.2) is 47.1 Å². The molecule has 0 fully saturated rings. The number of carbonyl (C=O) groups is 1. The fraction of sp³-hybridized carbons (Fsp3) is 0.381. The van der Waals surface area contributed by atoms with E-state index in [1.807, 2.05) is 32.0 Å².